The number of aromatic carboxylic acids is 1. The number of urea groups is 1. The maximum Gasteiger partial charge on any atom is 0.354 e. The number of rotatable bonds is 3. The lowest BCUT2D eigenvalue weighted by molar-refractivity contribution is 0.0690. The molecule has 0 aliphatic carbocycles. The first-order chi connectivity index (χ1) is 9.47. The van der Waals surface area contributed by atoms with Crippen LogP contribution in [0.3, 0.4) is 0 Å². The van der Waals surface area contributed by atoms with Crippen molar-refractivity contribution in [3.63, 3.8) is 0 Å². The molecule has 1 fully saturated rings. The van der Waals surface area contributed by atoms with Crippen molar-refractivity contribution in [2.24, 2.45) is 5.92 Å². The van der Waals surface area contributed by atoms with Crippen molar-refractivity contribution in [3.8, 4) is 0 Å². The van der Waals surface area contributed by atoms with Gasteiger partial charge in [0, 0.05) is 19.0 Å². The van der Waals surface area contributed by atoms with Crippen LogP contribution in [-0.2, 0) is 0 Å². The summed E-state index contributed by atoms with van der Waals surface area (Å²) in [6.07, 6.45) is 1.66. The molecule has 1 aromatic rings. The van der Waals surface area contributed by atoms with Crippen molar-refractivity contribution < 1.29 is 19.8 Å². The molecule has 2 amide bonds. The Bertz CT molecular complexity index is 501. The van der Waals surface area contributed by atoms with Crippen LogP contribution >= 0.6 is 0 Å². The lowest BCUT2D eigenvalue weighted by Gasteiger charge is -2.18. The molecule has 2 rings (SSSR count). The third-order valence-electron chi connectivity index (χ3n) is 3.43. The van der Waals surface area contributed by atoms with E-state index in [4.69, 9.17) is 5.11 Å². The fraction of sp³-hybridized carbons (Fsp3) is 0.462. The number of aromatic nitrogens is 1. The fourth-order valence-corrected chi connectivity index (χ4v) is 2.16. The van der Waals surface area contributed by atoms with E-state index in [0.29, 0.717) is 18.8 Å². The molecule has 7 nitrogen and oxygen atoms in total. The van der Waals surface area contributed by atoms with Gasteiger partial charge in [-0.15, -0.1) is 0 Å². The molecule has 3 N–H and O–H groups in total. The molecule has 0 radical (unpaired) electrons. The topological polar surface area (TPSA) is 103 Å². The summed E-state index contributed by atoms with van der Waals surface area (Å²) in [5, 5.41) is 20.9. The number of hydrogen-bond acceptors (Lipinski definition) is 4. The Morgan fingerprint density at radius 3 is 2.75 bits per heavy atom. The Labute approximate surface area is 116 Å². The number of carbonyl (C=O) groups is 2. The molecule has 20 heavy (non-hydrogen) atoms. The molecular formula is C13H17N3O4. The number of pyridine rings is 1. The number of nitrogens with zero attached hydrogens (tertiary/aromatic N) is 2. The first-order valence-electron chi connectivity index (χ1n) is 6.40. The number of carboxylic acid groups (broad SMARTS) is 1. The molecule has 108 valence electrons. The highest BCUT2D eigenvalue weighted by molar-refractivity contribution is 5.90. The highest BCUT2D eigenvalue weighted by Crippen LogP contribution is 2.20. The molecule has 2 unspecified atom stereocenters. The predicted octanol–water partition coefficient (Wildman–Crippen LogP) is 1.01. The van der Waals surface area contributed by atoms with E-state index in [1.807, 2.05) is 0 Å². The van der Waals surface area contributed by atoms with Gasteiger partial charge in [-0.05, 0) is 25.5 Å². The number of hydrogen-bond donors (Lipinski definition) is 3. The van der Waals surface area contributed by atoms with Gasteiger partial charge < -0.3 is 20.4 Å². The second kappa shape index (κ2) is 5.87. The van der Waals surface area contributed by atoms with E-state index in [1.165, 1.54) is 18.3 Å². The van der Waals surface area contributed by atoms with Crippen molar-refractivity contribution >= 4 is 17.7 Å². The smallest absolute Gasteiger partial charge is 0.354 e. The van der Waals surface area contributed by atoms with Gasteiger partial charge in [-0.1, -0.05) is 0 Å². The van der Waals surface area contributed by atoms with Gasteiger partial charge in [-0.25, -0.2) is 14.6 Å². The Hall–Kier alpha value is -2.15. The maximum atomic E-state index is 12.0. The lowest BCUT2D eigenvalue weighted by Crippen LogP contribution is -2.34. The SMILES string of the molecule is CC(O)C1CCN(C(=O)Nc2ccc(C(=O)O)nc2)C1. The van der Waals surface area contributed by atoms with Gasteiger partial charge >= 0.3 is 12.0 Å². The second-order valence-electron chi connectivity index (χ2n) is 4.90. The molecule has 0 spiro atoms. The average molecular weight is 279 g/mol. The highest BCUT2D eigenvalue weighted by Gasteiger charge is 2.29. The standard InChI is InChI=1S/C13H17N3O4/c1-8(17)9-4-5-16(7-9)13(20)15-10-2-3-11(12(18)19)14-6-10/h2-3,6,8-9,17H,4-5,7H2,1H3,(H,15,20)(H,18,19). The predicted molar refractivity (Wildman–Crippen MR) is 71.6 cm³/mol. The van der Waals surface area contributed by atoms with Gasteiger partial charge in [-0.3, -0.25) is 0 Å². The average Bonchev–Trinajstić information content (AvgIpc) is 2.89. The second-order valence-corrected chi connectivity index (χ2v) is 4.90. The van der Waals surface area contributed by atoms with E-state index < -0.39 is 12.1 Å². The van der Waals surface area contributed by atoms with Gasteiger partial charge in [0.1, 0.15) is 5.69 Å². The van der Waals surface area contributed by atoms with E-state index in [9.17, 15) is 14.7 Å². The largest absolute Gasteiger partial charge is 0.477 e. The first-order valence-corrected chi connectivity index (χ1v) is 6.40. The van der Waals surface area contributed by atoms with E-state index in [2.05, 4.69) is 10.3 Å². The molecule has 1 saturated heterocycles. The summed E-state index contributed by atoms with van der Waals surface area (Å²) < 4.78 is 0. The summed E-state index contributed by atoms with van der Waals surface area (Å²) >= 11 is 0. The quantitative estimate of drug-likeness (QED) is 0.766. The number of nitrogens with one attached hydrogen (secondary N) is 1. The summed E-state index contributed by atoms with van der Waals surface area (Å²) in [5.41, 5.74) is 0.374. The lowest BCUT2D eigenvalue weighted by atomic mass is 10.0. The van der Waals surface area contributed by atoms with Crippen LogP contribution in [0.1, 0.15) is 23.8 Å². The number of carbonyl (C=O) groups excluding carboxylic acids is 1. The van der Waals surface area contributed by atoms with Crippen LogP contribution in [-0.4, -0.2) is 51.3 Å². The minimum Gasteiger partial charge on any atom is -0.477 e. The van der Waals surface area contributed by atoms with Crippen LogP contribution in [0.15, 0.2) is 18.3 Å². The molecular weight excluding hydrogens is 262 g/mol. The zero-order valence-corrected chi connectivity index (χ0v) is 11.1. The van der Waals surface area contributed by atoms with Crippen molar-refractivity contribution in [1.82, 2.24) is 9.88 Å². The number of anilines is 1. The third kappa shape index (κ3) is 3.24. The van der Waals surface area contributed by atoms with Crippen molar-refractivity contribution in [2.45, 2.75) is 19.4 Å². The van der Waals surface area contributed by atoms with Crippen LogP contribution in [0.25, 0.3) is 0 Å². The van der Waals surface area contributed by atoms with Crippen molar-refractivity contribution in [1.29, 1.82) is 0 Å². The first kappa shape index (κ1) is 14.3. The summed E-state index contributed by atoms with van der Waals surface area (Å²) in [5.74, 6) is -1.00. The molecule has 1 aromatic heterocycles. The normalized spacial score (nSPS) is 19.7. The van der Waals surface area contributed by atoms with E-state index in [-0.39, 0.29) is 17.6 Å². The van der Waals surface area contributed by atoms with Gasteiger partial charge in [0.25, 0.3) is 0 Å². The number of likely N-dealkylation sites (tertiary alicyclic amines) is 1. The Kier molecular flexibility index (Phi) is 4.19. The minimum atomic E-state index is -1.11. The number of carboxylic acids is 1. The van der Waals surface area contributed by atoms with Crippen molar-refractivity contribution in [2.75, 3.05) is 18.4 Å². The Balaban J connectivity index is 1.93. The van der Waals surface area contributed by atoms with Crippen LogP contribution in [0.4, 0.5) is 10.5 Å². The number of aliphatic hydroxyl groups excluding tert-OH is 1. The zero-order chi connectivity index (χ0) is 14.7. The Morgan fingerprint density at radius 2 is 2.25 bits per heavy atom. The molecule has 7 heteroatoms. The van der Waals surface area contributed by atoms with E-state index in [1.54, 1.807) is 11.8 Å². The monoisotopic (exact) mass is 279 g/mol. The molecule has 0 saturated carbocycles. The Morgan fingerprint density at radius 1 is 1.50 bits per heavy atom. The van der Waals surface area contributed by atoms with Gasteiger partial charge in [0.15, 0.2) is 0 Å². The molecule has 2 atom stereocenters. The van der Waals surface area contributed by atoms with Crippen molar-refractivity contribution in [3.05, 3.63) is 24.0 Å². The summed E-state index contributed by atoms with van der Waals surface area (Å²) in [6.45, 7) is 2.84. The zero-order valence-electron chi connectivity index (χ0n) is 11.1. The van der Waals surface area contributed by atoms with E-state index >= 15 is 0 Å². The maximum absolute atomic E-state index is 12.0. The number of amides is 2. The van der Waals surface area contributed by atoms with Crippen LogP contribution in [0.2, 0.25) is 0 Å². The van der Waals surface area contributed by atoms with Gasteiger partial charge in [0.2, 0.25) is 0 Å². The van der Waals surface area contributed by atoms with Gasteiger partial charge in [0.05, 0.1) is 18.0 Å². The van der Waals surface area contributed by atoms with Crippen LogP contribution in [0, 0.1) is 5.92 Å². The highest BCUT2D eigenvalue weighted by atomic mass is 16.4. The molecule has 1 aliphatic heterocycles. The minimum absolute atomic E-state index is 0.0710. The molecule has 0 aromatic carbocycles. The summed E-state index contributed by atoms with van der Waals surface area (Å²) in [6, 6.07) is 2.56. The fourth-order valence-electron chi connectivity index (χ4n) is 2.16. The number of aliphatic hydroxyl groups is 1. The third-order valence-corrected chi connectivity index (χ3v) is 3.43. The summed E-state index contributed by atoms with van der Waals surface area (Å²) in [4.78, 5) is 28.0. The van der Waals surface area contributed by atoms with Crippen LogP contribution in [0.5, 0.6) is 0 Å². The molecule has 1 aliphatic rings. The van der Waals surface area contributed by atoms with Crippen LogP contribution < -0.4 is 5.32 Å². The molecule has 2 heterocycles. The van der Waals surface area contributed by atoms with E-state index in [0.717, 1.165) is 6.42 Å². The summed E-state index contributed by atoms with van der Waals surface area (Å²) in [7, 11) is 0. The van der Waals surface area contributed by atoms with Gasteiger partial charge in [-0.2, -0.15) is 0 Å². The molecule has 0 bridgehead atoms.